The molecule has 92 valence electrons. The van der Waals surface area contributed by atoms with Crippen molar-refractivity contribution in [3.63, 3.8) is 0 Å². The lowest BCUT2D eigenvalue weighted by molar-refractivity contribution is -0.0366. The Morgan fingerprint density at radius 2 is 1.40 bits per heavy atom. The predicted octanol–water partition coefficient (Wildman–Crippen LogP) is 4.80. The van der Waals surface area contributed by atoms with Crippen LogP contribution in [0.3, 0.4) is 0 Å². The molecule has 0 atom stereocenters. The third-order valence-corrected chi connectivity index (χ3v) is 3.76. The summed E-state index contributed by atoms with van der Waals surface area (Å²) in [6.45, 7) is 14.4. The van der Waals surface area contributed by atoms with Crippen molar-refractivity contribution in [3.8, 4) is 0 Å². The summed E-state index contributed by atoms with van der Waals surface area (Å²) in [5, 5.41) is 0. The van der Waals surface area contributed by atoms with E-state index < -0.39 is 0 Å². The maximum Gasteiger partial charge on any atom is 0.0626 e. The molecule has 0 aliphatic heterocycles. The highest BCUT2D eigenvalue weighted by Gasteiger charge is 2.22. The molecule has 0 aliphatic rings. The quantitative estimate of drug-likeness (QED) is 0.564. The molecule has 0 bridgehead atoms. The smallest absolute Gasteiger partial charge is 0.0626 e. The maximum absolute atomic E-state index is 5.97. The summed E-state index contributed by atoms with van der Waals surface area (Å²) in [7, 11) is 0. The average molecular weight is 214 g/mol. The minimum atomic E-state index is 0.0666. The first-order chi connectivity index (χ1) is 6.89. The number of hydrogen-bond acceptors (Lipinski definition) is 1. The molecule has 0 unspecified atom stereocenters. The fourth-order valence-corrected chi connectivity index (χ4v) is 1.85. The molecule has 0 aliphatic carbocycles. The molecule has 0 heterocycles. The van der Waals surface area contributed by atoms with Crippen LogP contribution in [0.4, 0.5) is 0 Å². The molecule has 0 aromatic carbocycles. The number of ether oxygens (including phenoxy) is 1. The summed E-state index contributed by atoms with van der Waals surface area (Å²) in [6.07, 6.45) is 6.04. The molecule has 0 saturated carbocycles. The Hall–Kier alpha value is -0.0400. The van der Waals surface area contributed by atoms with Crippen molar-refractivity contribution >= 4 is 0 Å². The number of hydrogen-bond donors (Lipinski definition) is 0. The van der Waals surface area contributed by atoms with Gasteiger partial charge in [-0.15, -0.1) is 0 Å². The molecule has 15 heavy (non-hydrogen) atoms. The average Bonchev–Trinajstić information content (AvgIpc) is 2.17. The Kier molecular flexibility index (Phi) is 6.51. The van der Waals surface area contributed by atoms with Gasteiger partial charge in [-0.1, -0.05) is 47.0 Å². The van der Waals surface area contributed by atoms with Crippen LogP contribution in [-0.4, -0.2) is 12.2 Å². The van der Waals surface area contributed by atoms with Crippen molar-refractivity contribution in [2.24, 2.45) is 5.41 Å². The van der Waals surface area contributed by atoms with E-state index in [1.54, 1.807) is 0 Å². The van der Waals surface area contributed by atoms with Gasteiger partial charge < -0.3 is 4.74 Å². The van der Waals surface area contributed by atoms with Crippen molar-refractivity contribution in [3.05, 3.63) is 0 Å². The highest BCUT2D eigenvalue weighted by atomic mass is 16.5. The van der Waals surface area contributed by atoms with Gasteiger partial charge in [-0.05, 0) is 32.1 Å². The molecule has 0 amide bonds. The van der Waals surface area contributed by atoms with Gasteiger partial charge in [-0.25, -0.2) is 0 Å². The topological polar surface area (TPSA) is 9.23 Å². The van der Waals surface area contributed by atoms with Crippen LogP contribution >= 0.6 is 0 Å². The Balaban J connectivity index is 3.87. The van der Waals surface area contributed by atoms with Crippen LogP contribution in [0.5, 0.6) is 0 Å². The van der Waals surface area contributed by atoms with Crippen molar-refractivity contribution in [1.82, 2.24) is 0 Å². The van der Waals surface area contributed by atoms with Crippen LogP contribution in [0.15, 0.2) is 0 Å². The molecule has 0 radical (unpaired) electrons. The van der Waals surface area contributed by atoms with E-state index in [-0.39, 0.29) is 5.60 Å². The molecular formula is C14H30O. The molecule has 0 fully saturated rings. The van der Waals surface area contributed by atoms with Crippen LogP contribution in [-0.2, 0) is 4.74 Å². The standard InChI is InChI=1S/C14H30O/c1-7-10-13(4,5)15-12-11-14(6,8-2)9-3/h7-12H2,1-6H3. The molecule has 0 rings (SSSR count). The van der Waals surface area contributed by atoms with Crippen LogP contribution < -0.4 is 0 Å². The van der Waals surface area contributed by atoms with Gasteiger partial charge in [0.1, 0.15) is 0 Å². The van der Waals surface area contributed by atoms with Crippen LogP contribution in [0, 0.1) is 5.41 Å². The van der Waals surface area contributed by atoms with Gasteiger partial charge in [0.05, 0.1) is 5.60 Å². The van der Waals surface area contributed by atoms with E-state index in [1.807, 2.05) is 0 Å². The second-order valence-corrected chi connectivity index (χ2v) is 5.63. The second kappa shape index (κ2) is 6.52. The zero-order valence-corrected chi connectivity index (χ0v) is 11.7. The third kappa shape index (κ3) is 6.19. The van der Waals surface area contributed by atoms with Gasteiger partial charge >= 0.3 is 0 Å². The second-order valence-electron chi connectivity index (χ2n) is 5.63. The monoisotopic (exact) mass is 214 g/mol. The highest BCUT2D eigenvalue weighted by molar-refractivity contribution is 4.72. The van der Waals surface area contributed by atoms with Gasteiger partial charge in [0.15, 0.2) is 0 Å². The predicted molar refractivity (Wildman–Crippen MR) is 68.2 cm³/mol. The normalized spacial score (nSPS) is 13.2. The molecule has 1 nitrogen and oxygen atoms in total. The minimum Gasteiger partial charge on any atom is -0.376 e. The summed E-state index contributed by atoms with van der Waals surface area (Å²) in [6, 6.07) is 0. The molecule has 0 N–H and O–H groups in total. The van der Waals surface area contributed by atoms with Gasteiger partial charge in [-0.3, -0.25) is 0 Å². The van der Waals surface area contributed by atoms with Crippen molar-refractivity contribution < 1.29 is 4.74 Å². The summed E-state index contributed by atoms with van der Waals surface area (Å²) < 4.78 is 5.97. The van der Waals surface area contributed by atoms with E-state index in [0.717, 1.165) is 13.0 Å². The molecular weight excluding hydrogens is 184 g/mol. The first-order valence-electron chi connectivity index (χ1n) is 6.53. The van der Waals surface area contributed by atoms with Crippen LogP contribution in [0.25, 0.3) is 0 Å². The van der Waals surface area contributed by atoms with Gasteiger partial charge in [0.25, 0.3) is 0 Å². The summed E-state index contributed by atoms with van der Waals surface area (Å²) in [4.78, 5) is 0. The first-order valence-corrected chi connectivity index (χ1v) is 6.53. The van der Waals surface area contributed by atoms with E-state index in [9.17, 15) is 0 Å². The van der Waals surface area contributed by atoms with E-state index >= 15 is 0 Å². The Labute approximate surface area is 96.6 Å². The van der Waals surface area contributed by atoms with E-state index in [1.165, 1.54) is 25.7 Å². The van der Waals surface area contributed by atoms with Crippen LogP contribution in [0.2, 0.25) is 0 Å². The highest BCUT2D eigenvalue weighted by Crippen LogP contribution is 2.30. The largest absolute Gasteiger partial charge is 0.376 e. The minimum absolute atomic E-state index is 0.0666. The van der Waals surface area contributed by atoms with E-state index in [2.05, 4.69) is 41.5 Å². The van der Waals surface area contributed by atoms with Crippen LogP contribution in [0.1, 0.15) is 73.6 Å². The molecule has 0 aromatic heterocycles. The van der Waals surface area contributed by atoms with Crippen molar-refractivity contribution in [2.45, 2.75) is 79.2 Å². The SMILES string of the molecule is CCCC(C)(C)OCCC(C)(CC)CC. The third-order valence-electron chi connectivity index (χ3n) is 3.76. The fourth-order valence-electron chi connectivity index (χ4n) is 1.85. The summed E-state index contributed by atoms with van der Waals surface area (Å²) >= 11 is 0. The maximum atomic E-state index is 5.97. The lowest BCUT2D eigenvalue weighted by Crippen LogP contribution is -2.27. The Morgan fingerprint density at radius 1 is 0.867 bits per heavy atom. The fraction of sp³-hybridized carbons (Fsp3) is 1.00. The zero-order valence-electron chi connectivity index (χ0n) is 11.7. The van der Waals surface area contributed by atoms with Gasteiger partial charge in [-0.2, -0.15) is 0 Å². The molecule has 0 aromatic rings. The Morgan fingerprint density at radius 3 is 1.80 bits per heavy atom. The Bertz CT molecular complexity index is 157. The van der Waals surface area contributed by atoms with Crippen molar-refractivity contribution in [1.29, 1.82) is 0 Å². The first kappa shape index (κ1) is 15.0. The zero-order chi connectivity index (χ0) is 11.9. The molecule has 1 heteroatoms. The van der Waals surface area contributed by atoms with Crippen molar-refractivity contribution in [2.75, 3.05) is 6.61 Å². The lowest BCUT2D eigenvalue weighted by atomic mass is 9.82. The van der Waals surface area contributed by atoms with E-state index in [4.69, 9.17) is 4.74 Å². The van der Waals surface area contributed by atoms with Gasteiger partial charge in [0, 0.05) is 6.61 Å². The molecule has 0 saturated heterocycles. The lowest BCUT2D eigenvalue weighted by Gasteiger charge is -2.30. The van der Waals surface area contributed by atoms with E-state index in [0.29, 0.717) is 5.41 Å². The van der Waals surface area contributed by atoms with Gasteiger partial charge in [0.2, 0.25) is 0 Å². The summed E-state index contributed by atoms with van der Waals surface area (Å²) in [5.74, 6) is 0. The summed E-state index contributed by atoms with van der Waals surface area (Å²) in [5.41, 5.74) is 0.541. The molecule has 0 spiro atoms. The number of rotatable bonds is 8.